The molecule has 2 N–H and O–H groups in total. The second-order valence-electron chi connectivity index (χ2n) is 6.64. The predicted molar refractivity (Wildman–Crippen MR) is 103 cm³/mol. The topological polar surface area (TPSA) is 78.5 Å². The van der Waals surface area contributed by atoms with Crippen molar-refractivity contribution in [2.45, 2.75) is 23.9 Å². The lowest BCUT2D eigenvalue weighted by atomic mass is 10.2. The standard InChI is InChI=1S/C19H20F3N3O3S/c20-19(21,22)14-5-3-8-17(11-14)29(27,28)23-13-18(26)24-15-6-4-7-16(12-15)25-9-1-2-10-25/h3-8,11-12,23H,1-2,9-10,13H2,(H,24,26). The van der Waals surface area contributed by atoms with E-state index in [2.05, 4.69) is 10.2 Å². The van der Waals surface area contributed by atoms with Crippen LogP contribution in [0.3, 0.4) is 0 Å². The van der Waals surface area contributed by atoms with E-state index in [9.17, 15) is 26.4 Å². The molecule has 0 spiro atoms. The fourth-order valence-corrected chi connectivity index (χ4v) is 4.07. The third-order valence-corrected chi connectivity index (χ3v) is 5.89. The minimum Gasteiger partial charge on any atom is -0.371 e. The van der Waals surface area contributed by atoms with Gasteiger partial charge in [-0.3, -0.25) is 4.79 Å². The molecule has 156 valence electrons. The first-order valence-corrected chi connectivity index (χ1v) is 10.5. The number of hydrogen-bond acceptors (Lipinski definition) is 4. The summed E-state index contributed by atoms with van der Waals surface area (Å²) in [5.74, 6) is -0.626. The van der Waals surface area contributed by atoms with Gasteiger partial charge in [-0.15, -0.1) is 0 Å². The number of carbonyl (C=O) groups excluding carboxylic acids is 1. The highest BCUT2D eigenvalue weighted by Crippen LogP contribution is 2.30. The maximum Gasteiger partial charge on any atom is 0.416 e. The lowest BCUT2D eigenvalue weighted by Gasteiger charge is -2.18. The van der Waals surface area contributed by atoms with Gasteiger partial charge in [0.15, 0.2) is 0 Å². The summed E-state index contributed by atoms with van der Waals surface area (Å²) >= 11 is 0. The Balaban J connectivity index is 1.62. The molecule has 0 unspecified atom stereocenters. The zero-order chi connectivity index (χ0) is 21.1. The average molecular weight is 427 g/mol. The molecular weight excluding hydrogens is 407 g/mol. The third kappa shape index (κ3) is 5.48. The van der Waals surface area contributed by atoms with Gasteiger partial charge in [-0.05, 0) is 49.2 Å². The molecule has 1 aliphatic heterocycles. The van der Waals surface area contributed by atoms with Crippen LogP contribution in [0.4, 0.5) is 24.5 Å². The minimum atomic E-state index is -4.66. The van der Waals surface area contributed by atoms with Crippen LogP contribution >= 0.6 is 0 Å². The Hall–Kier alpha value is -2.59. The smallest absolute Gasteiger partial charge is 0.371 e. The van der Waals surface area contributed by atoms with E-state index < -0.39 is 39.1 Å². The van der Waals surface area contributed by atoms with Gasteiger partial charge in [-0.25, -0.2) is 13.1 Å². The molecule has 0 atom stereocenters. The van der Waals surface area contributed by atoms with Crippen LogP contribution in [0.5, 0.6) is 0 Å². The van der Waals surface area contributed by atoms with Crippen LogP contribution in [-0.4, -0.2) is 34.0 Å². The predicted octanol–water partition coefficient (Wildman–Crippen LogP) is 3.22. The Bertz CT molecular complexity index is 987. The van der Waals surface area contributed by atoms with Crippen molar-refractivity contribution >= 4 is 27.3 Å². The molecule has 0 aromatic heterocycles. The molecule has 1 heterocycles. The average Bonchev–Trinajstić information content (AvgIpc) is 3.21. The molecule has 0 aliphatic carbocycles. The second kappa shape index (κ2) is 8.42. The summed E-state index contributed by atoms with van der Waals surface area (Å²) in [6.45, 7) is 1.27. The third-order valence-electron chi connectivity index (χ3n) is 4.50. The van der Waals surface area contributed by atoms with Crippen molar-refractivity contribution in [3.05, 3.63) is 54.1 Å². The van der Waals surface area contributed by atoms with E-state index in [0.717, 1.165) is 49.8 Å². The summed E-state index contributed by atoms with van der Waals surface area (Å²) in [6, 6.07) is 10.5. The van der Waals surface area contributed by atoms with Crippen molar-refractivity contribution in [3.8, 4) is 0 Å². The van der Waals surface area contributed by atoms with Gasteiger partial charge in [0.25, 0.3) is 0 Å². The van der Waals surface area contributed by atoms with Crippen LogP contribution < -0.4 is 14.9 Å². The number of halogens is 3. The normalized spacial score (nSPS) is 14.8. The maximum atomic E-state index is 12.8. The van der Waals surface area contributed by atoms with Gasteiger partial charge in [0, 0.05) is 24.5 Å². The molecule has 0 radical (unpaired) electrons. The van der Waals surface area contributed by atoms with Crippen molar-refractivity contribution in [2.75, 3.05) is 29.9 Å². The van der Waals surface area contributed by atoms with Gasteiger partial charge in [0.1, 0.15) is 0 Å². The first-order chi connectivity index (χ1) is 13.6. The molecular formula is C19H20F3N3O3S. The van der Waals surface area contributed by atoms with Gasteiger partial charge < -0.3 is 10.2 Å². The first-order valence-electron chi connectivity index (χ1n) is 8.97. The Morgan fingerprint density at radius 2 is 1.72 bits per heavy atom. The summed E-state index contributed by atoms with van der Waals surface area (Å²) in [5.41, 5.74) is 0.395. The summed E-state index contributed by atoms with van der Waals surface area (Å²) in [5, 5.41) is 2.59. The number of sulfonamides is 1. The van der Waals surface area contributed by atoms with E-state index in [1.165, 1.54) is 0 Å². The van der Waals surface area contributed by atoms with Gasteiger partial charge in [-0.1, -0.05) is 12.1 Å². The Morgan fingerprint density at radius 1 is 1.03 bits per heavy atom. The highest BCUT2D eigenvalue weighted by atomic mass is 32.2. The van der Waals surface area contributed by atoms with Gasteiger partial charge in [-0.2, -0.15) is 13.2 Å². The lowest BCUT2D eigenvalue weighted by Crippen LogP contribution is -2.33. The number of alkyl halides is 3. The van der Waals surface area contributed by atoms with Gasteiger partial charge in [0.2, 0.25) is 15.9 Å². The number of nitrogens with zero attached hydrogens (tertiary/aromatic N) is 1. The fourth-order valence-electron chi connectivity index (χ4n) is 3.04. The van der Waals surface area contributed by atoms with E-state index in [-0.39, 0.29) is 0 Å². The summed E-state index contributed by atoms with van der Waals surface area (Å²) in [6.07, 6.45) is -2.45. The number of carbonyl (C=O) groups is 1. The number of rotatable bonds is 6. The van der Waals surface area contributed by atoms with E-state index in [4.69, 9.17) is 0 Å². The SMILES string of the molecule is O=C(CNS(=O)(=O)c1cccc(C(F)(F)F)c1)Nc1cccc(N2CCCC2)c1. The zero-order valence-electron chi connectivity index (χ0n) is 15.4. The highest BCUT2D eigenvalue weighted by molar-refractivity contribution is 7.89. The van der Waals surface area contributed by atoms with Crippen LogP contribution in [-0.2, 0) is 21.0 Å². The van der Waals surface area contributed by atoms with Crippen molar-refractivity contribution in [3.63, 3.8) is 0 Å². The van der Waals surface area contributed by atoms with Crippen molar-refractivity contribution in [1.82, 2.24) is 4.72 Å². The molecule has 3 rings (SSSR count). The van der Waals surface area contributed by atoms with Crippen LogP contribution in [0.1, 0.15) is 18.4 Å². The van der Waals surface area contributed by atoms with Crippen molar-refractivity contribution < 1.29 is 26.4 Å². The fraction of sp³-hybridized carbons (Fsp3) is 0.316. The molecule has 1 aliphatic rings. The van der Waals surface area contributed by atoms with Crippen molar-refractivity contribution in [1.29, 1.82) is 0 Å². The molecule has 0 saturated carbocycles. The first kappa shape index (κ1) is 21.1. The summed E-state index contributed by atoms with van der Waals surface area (Å²) in [4.78, 5) is 13.7. The lowest BCUT2D eigenvalue weighted by molar-refractivity contribution is -0.137. The van der Waals surface area contributed by atoms with Gasteiger partial charge >= 0.3 is 6.18 Å². The molecule has 1 fully saturated rings. The van der Waals surface area contributed by atoms with E-state index in [0.29, 0.717) is 11.8 Å². The summed E-state index contributed by atoms with van der Waals surface area (Å²) in [7, 11) is -4.27. The number of anilines is 2. The van der Waals surface area contributed by atoms with E-state index in [1.54, 1.807) is 18.2 Å². The minimum absolute atomic E-state index is 0.512. The van der Waals surface area contributed by atoms with Crippen LogP contribution in [0.15, 0.2) is 53.4 Å². The summed E-state index contributed by atoms with van der Waals surface area (Å²) < 4.78 is 64.8. The quantitative estimate of drug-likeness (QED) is 0.742. The number of benzene rings is 2. The van der Waals surface area contributed by atoms with Crippen molar-refractivity contribution in [2.24, 2.45) is 0 Å². The zero-order valence-corrected chi connectivity index (χ0v) is 16.2. The van der Waals surface area contributed by atoms with Gasteiger partial charge in [0.05, 0.1) is 17.0 Å². The Morgan fingerprint density at radius 3 is 2.41 bits per heavy atom. The van der Waals surface area contributed by atoms with Crippen LogP contribution in [0, 0.1) is 0 Å². The van der Waals surface area contributed by atoms with E-state index >= 15 is 0 Å². The number of nitrogens with one attached hydrogen (secondary N) is 2. The molecule has 2 aromatic carbocycles. The number of amides is 1. The molecule has 10 heteroatoms. The monoisotopic (exact) mass is 427 g/mol. The molecule has 1 saturated heterocycles. The Kier molecular flexibility index (Phi) is 6.13. The van der Waals surface area contributed by atoms with Crippen LogP contribution in [0.2, 0.25) is 0 Å². The molecule has 6 nitrogen and oxygen atoms in total. The number of hydrogen-bond donors (Lipinski definition) is 2. The highest BCUT2D eigenvalue weighted by Gasteiger charge is 2.31. The van der Waals surface area contributed by atoms with Crippen LogP contribution in [0.25, 0.3) is 0 Å². The van der Waals surface area contributed by atoms with E-state index in [1.807, 2.05) is 10.8 Å². The molecule has 29 heavy (non-hydrogen) atoms. The largest absolute Gasteiger partial charge is 0.416 e. The second-order valence-corrected chi connectivity index (χ2v) is 8.41. The molecule has 0 bridgehead atoms. The maximum absolute atomic E-state index is 12.8. The molecule has 2 aromatic rings. The Labute approximate surface area is 166 Å². The molecule has 1 amide bonds.